The van der Waals surface area contributed by atoms with Gasteiger partial charge in [-0.1, -0.05) is 61.2 Å². The molecule has 0 aliphatic heterocycles. The fraction of sp³-hybridized carbons (Fsp3) is 0.214. The van der Waals surface area contributed by atoms with E-state index in [2.05, 4.69) is 27.4 Å². The Bertz CT molecular complexity index is 605. The van der Waals surface area contributed by atoms with Crippen molar-refractivity contribution in [3.63, 3.8) is 0 Å². The Kier molecular flexibility index (Phi) is 5.31. The lowest BCUT2D eigenvalue weighted by Crippen LogP contribution is -2.10. The van der Waals surface area contributed by atoms with E-state index in [9.17, 15) is 0 Å². The number of thioether (sulfide) groups is 1. The van der Waals surface area contributed by atoms with Crippen LogP contribution in [0.4, 0.5) is 0 Å². The van der Waals surface area contributed by atoms with Crippen molar-refractivity contribution in [1.82, 2.24) is 15.4 Å². The summed E-state index contributed by atoms with van der Waals surface area (Å²) in [5.74, 6) is 0.858. The van der Waals surface area contributed by atoms with E-state index in [0.29, 0.717) is 4.32 Å². The average molecular weight is 304 g/mol. The highest BCUT2D eigenvalue weighted by Crippen LogP contribution is 2.17. The van der Waals surface area contributed by atoms with Gasteiger partial charge >= 0.3 is 0 Å². The molecule has 1 aromatic heterocycles. The smallest absolute Gasteiger partial charge is 0.153 e. The molecule has 0 saturated heterocycles. The van der Waals surface area contributed by atoms with Gasteiger partial charge in [-0.3, -0.25) is 5.43 Å². The SMILES string of the molecule is CCc1[nH]c(-c2ccccc2)nc1C=NNC(=S)SC. The molecule has 0 unspecified atom stereocenters. The lowest BCUT2D eigenvalue weighted by Gasteiger charge is -1.96. The summed E-state index contributed by atoms with van der Waals surface area (Å²) in [6, 6.07) is 10.0. The normalized spacial score (nSPS) is 10.9. The van der Waals surface area contributed by atoms with Gasteiger partial charge in [-0.15, -0.1) is 0 Å². The van der Waals surface area contributed by atoms with Gasteiger partial charge in [0, 0.05) is 11.3 Å². The Morgan fingerprint density at radius 3 is 2.85 bits per heavy atom. The molecule has 0 bridgehead atoms. The van der Waals surface area contributed by atoms with E-state index in [4.69, 9.17) is 12.2 Å². The molecule has 104 valence electrons. The number of aromatic nitrogens is 2. The molecule has 0 saturated carbocycles. The Balaban J connectivity index is 2.21. The van der Waals surface area contributed by atoms with E-state index >= 15 is 0 Å². The maximum Gasteiger partial charge on any atom is 0.153 e. The van der Waals surface area contributed by atoms with Crippen LogP contribution < -0.4 is 5.43 Å². The highest BCUT2D eigenvalue weighted by Gasteiger charge is 2.08. The molecule has 2 N–H and O–H groups in total. The van der Waals surface area contributed by atoms with Crippen LogP contribution in [0.3, 0.4) is 0 Å². The molecular formula is C14H16N4S2. The summed E-state index contributed by atoms with van der Waals surface area (Å²) in [7, 11) is 0. The van der Waals surface area contributed by atoms with Crippen molar-refractivity contribution in [3.8, 4) is 11.4 Å². The molecule has 2 aromatic rings. The Hall–Kier alpha value is -1.66. The number of hydrogen-bond donors (Lipinski definition) is 2. The number of nitrogens with one attached hydrogen (secondary N) is 2. The maximum atomic E-state index is 5.02. The first kappa shape index (κ1) is 14.7. The zero-order valence-corrected chi connectivity index (χ0v) is 13.0. The molecule has 4 nitrogen and oxygen atoms in total. The number of aromatic amines is 1. The van der Waals surface area contributed by atoms with E-state index in [-0.39, 0.29) is 0 Å². The van der Waals surface area contributed by atoms with Gasteiger partial charge in [-0.25, -0.2) is 4.98 Å². The minimum Gasteiger partial charge on any atom is -0.341 e. The lowest BCUT2D eigenvalue weighted by molar-refractivity contribution is 1.05. The second-order valence-electron chi connectivity index (χ2n) is 4.03. The van der Waals surface area contributed by atoms with Gasteiger partial charge in [0.05, 0.1) is 6.21 Å². The predicted molar refractivity (Wildman–Crippen MR) is 90.2 cm³/mol. The van der Waals surface area contributed by atoms with Crippen LogP contribution in [0.5, 0.6) is 0 Å². The van der Waals surface area contributed by atoms with Gasteiger partial charge in [0.25, 0.3) is 0 Å². The molecule has 0 amide bonds. The summed E-state index contributed by atoms with van der Waals surface area (Å²) in [4.78, 5) is 7.91. The second kappa shape index (κ2) is 7.21. The number of imidazole rings is 1. The molecule has 0 aliphatic carbocycles. The third-order valence-corrected chi connectivity index (χ3v) is 3.79. The fourth-order valence-corrected chi connectivity index (χ4v) is 1.92. The van der Waals surface area contributed by atoms with Crippen molar-refractivity contribution in [1.29, 1.82) is 0 Å². The third-order valence-electron chi connectivity index (χ3n) is 2.74. The molecule has 0 aliphatic rings. The predicted octanol–water partition coefficient (Wildman–Crippen LogP) is 3.21. The van der Waals surface area contributed by atoms with E-state index in [1.54, 1.807) is 6.21 Å². The minimum absolute atomic E-state index is 0.637. The average Bonchev–Trinajstić information content (AvgIpc) is 2.91. The summed E-state index contributed by atoms with van der Waals surface area (Å²) < 4.78 is 0.637. The Morgan fingerprint density at radius 1 is 1.45 bits per heavy atom. The van der Waals surface area contributed by atoms with Gasteiger partial charge in [-0.05, 0) is 12.7 Å². The molecule has 2 rings (SSSR count). The quantitative estimate of drug-likeness (QED) is 0.517. The van der Waals surface area contributed by atoms with Crippen LogP contribution in [0.1, 0.15) is 18.3 Å². The maximum absolute atomic E-state index is 5.02. The number of nitrogens with zero attached hydrogens (tertiary/aromatic N) is 2. The fourth-order valence-electron chi connectivity index (χ4n) is 1.72. The largest absolute Gasteiger partial charge is 0.341 e. The number of hydrogen-bond acceptors (Lipinski definition) is 4. The number of hydrazone groups is 1. The van der Waals surface area contributed by atoms with Gasteiger partial charge in [-0.2, -0.15) is 5.10 Å². The minimum atomic E-state index is 0.637. The molecule has 0 fully saturated rings. The highest BCUT2D eigenvalue weighted by molar-refractivity contribution is 8.22. The number of thiocarbonyl (C=S) groups is 1. The van der Waals surface area contributed by atoms with E-state index in [0.717, 1.165) is 29.2 Å². The molecule has 1 aromatic carbocycles. The number of rotatable bonds is 4. The van der Waals surface area contributed by atoms with Crippen LogP contribution in [-0.2, 0) is 6.42 Å². The van der Waals surface area contributed by atoms with Crippen LogP contribution in [0, 0.1) is 0 Å². The van der Waals surface area contributed by atoms with Crippen LogP contribution in [0.15, 0.2) is 35.4 Å². The summed E-state index contributed by atoms with van der Waals surface area (Å²) in [5, 5.41) is 4.11. The van der Waals surface area contributed by atoms with Crippen LogP contribution >= 0.6 is 24.0 Å². The summed E-state index contributed by atoms with van der Waals surface area (Å²) in [5.41, 5.74) is 5.75. The molecule has 20 heavy (non-hydrogen) atoms. The molecule has 6 heteroatoms. The zero-order chi connectivity index (χ0) is 14.4. The summed E-state index contributed by atoms with van der Waals surface area (Å²) in [6.45, 7) is 2.08. The van der Waals surface area contributed by atoms with E-state index in [1.165, 1.54) is 11.8 Å². The van der Waals surface area contributed by atoms with Gasteiger partial charge in [0.1, 0.15) is 11.5 Å². The van der Waals surface area contributed by atoms with Crippen LogP contribution in [0.25, 0.3) is 11.4 Å². The Labute approximate surface area is 128 Å². The van der Waals surface area contributed by atoms with E-state index in [1.807, 2.05) is 36.6 Å². The first-order chi connectivity index (χ1) is 9.74. The van der Waals surface area contributed by atoms with Crippen LogP contribution in [-0.4, -0.2) is 26.8 Å². The summed E-state index contributed by atoms with van der Waals surface area (Å²) in [6.07, 6.45) is 4.48. The third kappa shape index (κ3) is 3.68. The second-order valence-corrected chi connectivity index (χ2v) is 5.51. The van der Waals surface area contributed by atoms with E-state index < -0.39 is 0 Å². The lowest BCUT2D eigenvalue weighted by atomic mass is 10.2. The van der Waals surface area contributed by atoms with Crippen molar-refractivity contribution < 1.29 is 0 Å². The first-order valence-corrected chi connectivity index (χ1v) is 7.89. The number of H-pyrrole nitrogens is 1. The standard InChI is InChI=1S/C14H16N4S2/c1-3-11-12(9-15-18-14(19)20-2)17-13(16-11)10-7-5-4-6-8-10/h4-9H,3H2,1-2H3,(H,16,17)(H,18,19). The summed E-state index contributed by atoms with van der Waals surface area (Å²) >= 11 is 6.47. The Morgan fingerprint density at radius 2 is 2.20 bits per heavy atom. The number of benzene rings is 1. The molecule has 0 radical (unpaired) electrons. The molecule has 0 atom stereocenters. The van der Waals surface area contributed by atoms with Crippen molar-refractivity contribution in [2.75, 3.05) is 6.26 Å². The van der Waals surface area contributed by atoms with Crippen molar-refractivity contribution >= 4 is 34.5 Å². The first-order valence-electron chi connectivity index (χ1n) is 6.26. The monoisotopic (exact) mass is 304 g/mol. The van der Waals surface area contributed by atoms with Crippen molar-refractivity contribution in [3.05, 3.63) is 41.7 Å². The van der Waals surface area contributed by atoms with Crippen molar-refractivity contribution in [2.24, 2.45) is 5.10 Å². The molecule has 0 spiro atoms. The topological polar surface area (TPSA) is 53.1 Å². The molecular weight excluding hydrogens is 288 g/mol. The van der Waals surface area contributed by atoms with Gasteiger partial charge in [0.2, 0.25) is 0 Å². The molecule has 1 heterocycles. The van der Waals surface area contributed by atoms with Crippen LogP contribution in [0.2, 0.25) is 0 Å². The van der Waals surface area contributed by atoms with Gasteiger partial charge in [0.15, 0.2) is 4.32 Å². The number of aryl methyl sites for hydroxylation is 1. The van der Waals surface area contributed by atoms with Crippen molar-refractivity contribution in [2.45, 2.75) is 13.3 Å². The highest BCUT2D eigenvalue weighted by atomic mass is 32.2. The zero-order valence-electron chi connectivity index (χ0n) is 11.4. The van der Waals surface area contributed by atoms with Gasteiger partial charge < -0.3 is 4.98 Å².